The Morgan fingerprint density at radius 3 is 2.55 bits per heavy atom. The second kappa shape index (κ2) is 3.93. The van der Waals surface area contributed by atoms with Crippen LogP contribution in [0.5, 0.6) is 0 Å². The number of nitrogens with one attached hydrogen (secondary N) is 1. The SMILES string of the molecule is CN1CCC(NC(=O)Cl)CC1. The van der Waals surface area contributed by atoms with E-state index in [9.17, 15) is 4.79 Å². The number of hydrogen-bond acceptors (Lipinski definition) is 2. The molecular formula is C7H13ClN2O. The third-order valence-corrected chi connectivity index (χ3v) is 2.15. The summed E-state index contributed by atoms with van der Waals surface area (Å²) in [6, 6.07) is 0.288. The molecule has 0 radical (unpaired) electrons. The highest BCUT2D eigenvalue weighted by Gasteiger charge is 2.16. The molecule has 1 saturated heterocycles. The molecule has 1 N–H and O–H groups in total. The van der Waals surface area contributed by atoms with Gasteiger partial charge in [0, 0.05) is 6.04 Å². The van der Waals surface area contributed by atoms with E-state index in [1.807, 2.05) is 0 Å². The van der Waals surface area contributed by atoms with Crippen LogP contribution in [0.15, 0.2) is 0 Å². The van der Waals surface area contributed by atoms with Crippen molar-refractivity contribution in [1.82, 2.24) is 10.2 Å². The molecule has 1 fully saturated rings. The second-order valence-electron chi connectivity index (χ2n) is 3.00. The van der Waals surface area contributed by atoms with E-state index in [2.05, 4.69) is 17.3 Å². The first-order valence-corrected chi connectivity index (χ1v) is 4.21. The molecule has 0 unspecified atom stereocenters. The molecule has 64 valence electrons. The van der Waals surface area contributed by atoms with Crippen LogP contribution in [-0.2, 0) is 0 Å². The first kappa shape index (κ1) is 8.81. The fraction of sp³-hybridized carbons (Fsp3) is 0.857. The van der Waals surface area contributed by atoms with Gasteiger partial charge in [-0.05, 0) is 44.6 Å². The molecule has 0 aromatic heterocycles. The molecule has 1 aliphatic rings. The molecule has 0 aromatic rings. The number of piperidine rings is 1. The van der Waals surface area contributed by atoms with Gasteiger partial charge in [-0.15, -0.1) is 0 Å². The van der Waals surface area contributed by atoms with Crippen molar-refractivity contribution in [3.05, 3.63) is 0 Å². The normalized spacial score (nSPS) is 21.6. The largest absolute Gasteiger partial charge is 0.340 e. The molecule has 4 heteroatoms. The lowest BCUT2D eigenvalue weighted by Crippen LogP contribution is -2.41. The first-order valence-electron chi connectivity index (χ1n) is 3.83. The molecule has 1 amide bonds. The maximum Gasteiger partial charge on any atom is 0.314 e. The van der Waals surface area contributed by atoms with Crippen molar-refractivity contribution in [2.45, 2.75) is 18.9 Å². The van der Waals surface area contributed by atoms with Crippen LogP contribution >= 0.6 is 11.6 Å². The molecule has 1 aliphatic heterocycles. The molecule has 0 bridgehead atoms. The number of likely N-dealkylation sites (tertiary alicyclic amines) is 1. The maximum atomic E-state index is 10.4. The van der Waals surface area contributed by atoms with Crippen molar-refractivity contribution in [3.8, 4) is 0 Å². The summed E-state index contributed by atoms with van der Waals surface area (Å²) in [6.07, 6.45) is 2.02. The predicted octanol–water partition coefficient (Wildman–Crippen LogP) is 1.03. The van der Waals surface area contributed by atoms with Crippen molar-refractivity contribution < 1.29 is 4.79 Å². The van der Waals surface area contributed by atoms with Crippen molar-refractivity contribution in [2.75, 3.05) is 20.1 Å². The van der Waals surface area contributed by atoms with Crippen LogP contribution in [0, 0.1) is 0 Å². The molecular weight excluding hydrogens is 164 g/mol. The Hall–Kier alpha value is -0.280. The van der Waals surface area contributed by atoms with Gasteiger partial charge in [0.25, 0.3) is 0 Å². The minimum absolute atomic E-state index is 0.288. The zero-order valence-corrected chi connectivity index (χ0v) is 7.40. The number of hydrogen-bond donors (Lipinski definition) is 1. The van der Waals surface area contributed by atoms with E-state index in [1.54, 1.807) is 0 Å². The molecule has 1 heterocycles. The lowest BCUT2D eigenvalue weighted by molar-refractivity contribution is 0.226. The van der Waals surface area contributed by atoms with Gasteiger partial charge in [-0.1, -0.05) is 0 Å². The number of amides is 1. The standard InChI is InChI=1S/C7H13ClN2O/c1-10-4-2-6(3-5-10)9-7(8)11/h6H,2-5H2,1H3,(H,9,11). The molecule has 1 rings (SSSR count). The summed E-state index contributed by atoms with van der Waals surface area (Å²) < 4.78 is 0. The van der Waals surface area contributed by atoms with Crippen molar-refractivity contribution in [3.63, 3.8) is 0 Å². The van der Waals surface area contributed by atoms with Gasteiger partial charge in [0.2, 0.25) is 0 Å². The third kappa shape index (κ3) is 3.08. The van der Waals surface area contributed by atoms with Gasteiger partial charge >= 0.3 is 5.37 Å². The van der Waals surface area contributed by atoms with E-state index in [-0.39, 0.29) is 6.04 Å². The predicted molar refractivity (Wildman–Crippen MR) is 44.9 cm³/mol. The molecule has 0 saturated carbocycles. The summed E-state index contributed by atoms with van der Waals surface area (Å²) >= 11 is 5.18. The Bertz CT molecular complexity index is 143. The van der Waals surface area contributed by atoms with E-state index in [0.717, 1.165) is 25.9 Å². The van der Waals surface area contributed by atoms with Crippen molar-refractivity contribution in [1.29, 1.82) is 0 Å². The quantitative estimate of drug-likeness (QED) is 0.478. The summed E-state index contributed by atoms with van der Waals surface area (Å²) in [7, 11) is 2.08. The van der Waals surface area contributed by atoms with Gasteiger partial charge in [-0.25, -0.2) is 0 Å². The van der Waals surface area contributed by atoms with E-state index >= 15 is 0 Å². The molecule has 0 aromatic carbocycles. The van der Waals surface area contributed by atoms with Crippen LogP contribution in [0.1, 0.15) is 12.8 Å². The van der Waals surface area contributed by atoms with E-state index in [4.69, 9.17) is 11.6 Å². The van der Waals surface area contributed by atoms with Crippen LogP contribution in [0.3, 0.4) is 0 Å². The topological polar surface area (TPSA) is 32.3 Å². The van der Waals surface area contributed by atoms with E-state index in [1.165, 1.54) is 0 Å². The molecule has 3 nitrogen and oxygen atoms in total. The number of carbonyl (C=O) groups excluding carboxylic acids is 1. The first-order chi connectivity index (χ1) is 5.18. The Labute approximate surface area is 71.7 Å². The van der Waals surface area contributed by atoms with Crippen LogP contribution in [-0.4, -0.2) is 36.4 Å². The highest BCUT2D eigenvalue weighted by molar-refractivity contribution is 6.62. The van der Waals surface area contributed by atoms with Gasteiger partial charge in [-0.2, -0.15) is 0 Å². The van der Waals surface area contributed by atoms with Crippen LogP contribution in [0.4, 0.5) is 4.79 Å². The highest BCUT2D eigenvalue weighted by atomic mass is 35.5. The number of halogens is 1. The Morgan fingerprint density at radius 2 is 2.09 bits per heavy atom. The Morgan fingerprint density at radius 1 is 1.55 bits per heavy atom. The van der Waals surface area contributed by atoms with Crippen LogP contribution in [0.2, 0.25) is 0 Å². The number of rotatable bonds is 1. The maximum absolute atomic E-state index is 10.4. The number of nitrogens with zero attached hydrogens (tertiary/aromatic N) is 1. The lowest BCUT2D eigenvalue weighted by Gasteiger charge is -2.28. The van der Waals surface area contributed by atoms with Gasteiger partial charge in [-0.3, -0.25) is 4.79 Å². The monoisotopic (exact) mass is 176 g/mol. The fourth-order valence-electron chi connectivity index (χ4n) is 1.31. The molecule has 0 atom stereocenters. The van der Waals surface area contributed by atoms with E-state index < -0.39 is 5.37 Å². The zero-order valence-electron chi connectivity index (χ0n) is 6.64. The van der Waals surface area contributed by atoms with Crippen molar-refractivity contribution >= 4 is 17.0 Å². The van der Waals surface area contributed by atoms with Gasteiger partial charge in [0.15, 0.2) is 0 Å². The van der Waals surface area contributed by atoms with Crippen LogP contribution in [0.25, 0.3) is 0 Å². The molecule has 11 heavy (non-hydrogen) atoms. The fourth-order valence-corrected chi connectivity index (χ4v) is 1.47. The van der Waals surface area contributed by atoms with Gasteiger partial charge in [0.05, 0.1) is 0 Å². The molecule has 0 spiro atoms. The van der Waals surface area contributed by atoms with Crippen molar-refractivity contribution in [2.24, 2.45) is 0 Å². The summed E-state index contributed by atoms with van der Waals surface area (Å²) in [5.41, 5.74) is 0. The van der Waals surface area contributed by atoms with E-state index in [0.29, 0.717) is 0 Å². The molecule has 0 aliphatic carbocycles. The highest BCUT2D eigenvalue weighted by Crippen LogP contribution is 2.08. The summed E-state index contributed by atoms with van der Waals surface area (Å²) in [5, 5.41) is 2.27. The zero-order chi connectivity index (χ0) is 8.27. The third-order valence-electron chi connectivity index (χ3n) is 2.04. The summed E-state index contributed by atoms with van der Waals surface area (Å²) in [4.78, 5) is 12.7. The summed E-state index contributed by atoms with van der Waals surface area (Å²) in [5.74, 6) is 0. The van der Waals surface area contributed by atoms with Gasteiger partial charge < -0.3 is 10.2 Å². The average Bonchev–Trinajstić information content (AvgIpc) is 1.93. The van der Waals surface area contributed by atoms with Crippen LogP contribution < -0.4 is 5.32 Å². The van der Waals surface area contributed by atoms with Gasteiger partial charge in [0.1, 0.15) is 0 Å². The smallest absolute Gasteiger partial charge is 0.314 e. The Kier molecular flexibility index (Phi) is 3.15. The number of carbonyl (C=O) groups is 1. The summed E-state index contributed by atoms with van der Waals surface area (Å²) in [6.45, 7) is 2.09. The minimum Gasteiger partial charge on any atom is -0.340 e. The lowest BCUT2D eigenvalue weighted by atomic mass is 10.1. The Balaban J connectivity index is 2.22. The minimum atomic E-state index is -0.431. The average molecular weight is 177 g/mol. The second-order valence-corrected chi connectivity index (χ2v) is 3.34.